The maximum atomic E-state index is 9.32. The molecule has 94 valence electrons. The summed E-state index contributed by atoms with van der Waals surface area (Å²) in [5, 5.41) is 9.66. The highest BCUT2D eigenvalue weighted by molar-refractivity contribution is 6.30. The maximum absolute atomic E-state index is 9.32. The summed E-state index contributed by atoms with van der Waals surface area (Å²) in [6, 6.07) is 0. The van der Waals surface area contributed by atoms with Gasteiger partial charge in [-0.25, -0.2) is 9.97 Å². The van der Waals surface area contributed by atoms with Gasteiger partial charge in [-0.1, -0.05) is 24.4 Å². The maximum Gasteiger partial charge on any atom is 0.140 e. The fraction of sp³-hybridized carbons (Fsp3) is 0.667. The van der Waals surface area contributed by atoms with Crippen LogP contribution in [0.15, 0.2) is 6.33 Å². The van der Waals surface area contributed by atoms with Gasteiger partial charge in [-0.05, 0) is 18.8 Å². The number of aromatic nitrogens is 2. The van der Waals surface area contributed by atoms with Crippen LogP contribution in [0.5, 0.6) is 0 Å². The minimum Gasteiger partial charge on any atom is -0.391 e. The molecule has 1 N–H and O–H groups in total. The molecule has 5 heteroatoms. The Bertz CT molecular complexity index is 380. The van der Waals surface area contributed by atoms with E-state index in [0.29, 0.717) is 10.7 Å². The SMILES string of the molecule is CN(CC1CCCC1)c1ncnc(Cl)c1CO. The van der Waals surface area contributed by atoms with E-state index in [1.54, 1.807) is 0 Å². The third kappa shape index (κ3) is 2.87. The number of hydrogen-bond acceptors (Lipinski definition) is 4. The van der Waals surface area contributed by atoms with Crippen LogP contribution in [-0.2, 0) is 6.61 Å². The number of anilines is 1. The van der Waals surface area contributed by atoms with Gasteiger partial charge in [0.2, 0.25) is 0 Å². The molecule has 1 saturated carbocycles. The highest BCUT2D eigenvalue weighted by atomic mass is 35.5. The second-order valence-electron chi connectivity index (χ2n) is 4.66. The van der Waals surface area contributed by atoms with Crippen molar-refractivity contribution in [2.24, 2.45) is 5.92 Å². The summed E-state index contributed by atoms with van der Waals surface area (Å²) in [6.07, 6.45) is 6.68. The predicted molar refractivity (Wildman–Crippen MR) is 68.2 cm³/mol. The molecule has 1 fully saturated rings. The molecule has 0 aromatic carbocycles. The van der Waals surface area contributed by atoms with Crippen molar-refractivity contribution in [1.82, 2.24) is 9.97 Å². The van der Waals surface area contributed by atoms with Crippen molar-refractivity contribution in [3.05, 3.63) is 17.0 Å². The summed E-state index contributed by atoms with van der Waals surface area (Å²) in [5.41, 5.74) is 0.620. The van der Waals surface area contributed by atoms with E-state index < -0.39 is 0 Å². The number of aliphatic hydroxyl groups excluding tert-OH is 1. The van der Waals surface area contributed by atoms with Gasteiger partial charge in [0.05, 0.1) is 12.2 Å². The van der Waals surface area contributed by atoms with Crippen LogP contribution in [0.3, 0.4) is 0 Å². The van der Waals surface area contributed by atoms with Gasteiger partial charge >= 0.3 is 0 Å². The molecule has 0 radical (unpaired) electrons. The summed E-state index contributed by atoms with van der Waals surface area (Å²) >= 11 is 5.95. The van der Waals surface area contributed by atoms with E-state index in [9.17, 15) is 5.11 Å². The van der Waals surface area contributed by atoms with Crippen LogP contribution < -0.4 is 4.90 Å². The van der Waals surface area contributed by atoms with Gasteiger partial charge in [0.1, 0.15) is 17.3 Å². The lowest BCUT2D eigenvalue weighted by molar-refractivity contribution is 0.281. The molecule has 2 rings (SSSR count). The van der Waals surface area contributed by atoms with Crippen LogP contribution in [0.1, 0.15) is 31.2 Å². The minimum absolute atomic E-state index is 0.121. The number of aliphatic hydroxyl groups is 1. The van der Waals surface area contributed by atoms with Crippen LogP contribution in [0, 0.1) is 5.92 Å². The van der Waals surface area contributed by atoms with Gasteiger partial charge in [0.25, 0.3) is 0 Å². The first-order valence-electron chi connectivity index (χ1n) is 6.03. The van der Waals surface area contributed by atoms with Crippen molar-refractivity contribution < 1.29 is 5.11 Å². The Morgan fingerprint density at radius 2 is 2.12 bits per heavy atom. The van der Waals surface area contributed by atoms with E-state index in [-0.39, 0.29) is 6.61 Å². The molecule has 17 heavy (non-hydrogen) atoms. The summed E-state index contributed by atoms with van der Waals surface area (Å²) in [7, 11) is 2.00. The number of nitrogens with zero attached hydrogens (tertiary/aromatic N) is 3. The minimum atomic E-state index is -0.121. The summed E-state index contributed by atoms with van der Waals surface area (Å²) in [6.45, 7) is 0.852. The lowest BCUT2D eigenvalue weighted by atomic mass is 10.1. The lowest BCUT2D eigenvalue weighted by Gasteiger charge is -2.23. The molecule has 0 aliphatic heterocycles. The Kier molecular flexibility index (Phi) is 4.18. The van der Waals surface area contributed by atoms with Crippen LogP contribution in [-0.4, -0.2) is 28.7 Å². The fourth-order valence-corrected chi connectivity index (χ4v) is 2.70. The van der Waals surface area contributed by atoms with E-state index in [4.69, 9.17) is 11.6 Å². The van der Waals surface area contributed by atoms with E-state index in [0.717, 1.165) is 18.3 Å². The van der Waals surface area contributed by atoms with Gasteiger partial charge in [-0.15, -0.1) is 0 Å². The molecule has 4 nitrogen and oxygen atoms in total. The molecular formula is C12H18ClN3O. The van der Waals surface area contributed by atoms with E-state index in [2.05, 4.69) is 14.9 Å². The van der Waals surface area contributed by atoms with Crippen molar-refractivity contribution in [2.45, 2.75) is 32.3 Å². The van der Waals surface area contributed by atoms with Crippen LogP contribution in [0.4, 0.5) is 5.82 Å². The van der Waals surface area contributed by atoms with Crippen molar-refractivity contribution >= 4 is 17.4 Å². The molecule has 1 aromatic rings. The molecule has 1 heterocycles. The van der Waals surface area contributed by atoms with Gasteiger partial charge in [0.15, 0.2) is 0 Å². The quantitative estimate of drug-likeness (QED) is 0.839. The molecule has 0 atom stereocenters. The van der Waals surface area contributed by atoms with Crippen LogP contribution >= 0.6 is 11.6 Å². The Hall–Kier alpha value is -0.870. The van der Waals surface area contributed by atoms with Crippen molar-refractivity contribution in [2.75, 3.05) is 18.5 Å². The molecule has 0 saturated heterocycles. The normalized spacial score (nSPS) is 16.4. The number of rotatable bonds is 4. The number of hydrogen-bond donors (Lipinski definition) is 1. The van der Waals surface area contributed by atoms with Gasteiger partial charge in [0, 0.05) is 13.6 Å². The average molecular weight is 256 g/mol. The average Bonchev–Trinajstić information content (AvgIpc) is 2.81. The largest absolute Gasteiger partial charge is 0.391 e. The Morgan fingerprint density at radius 1 is 1.41 bits per heavy atom. The molecule has 0 bridgehead atoms. The zero-order valence-electron chi connectivity index (χ0n) is 10.1. The van der Waals surface area contributed by atoms with Crippen molar-refractivity contribution in [3.8, 4) is 0 Å². The first-order valence-corrected chi connectivity index (χ1v) is 6.41. The molecular weight excluding hydrogens is 238 g/mol. The Labute approximate surface area is 107 Å². The summed E-state index contributed by atoms with van der Waals surface area (Å²) in [5.74, 6) is 1.49. The second-order valence-corrected chi connectivity index (χ2v) is 5.01. The molecule has 0 spiro atoms. The highest BCUT2D eigenvalue weighted by Crippen LogP contribution is 2.28. The smallest absolute Gasteiger partial charge is 0.140 e. The van der Waals surface area contributed by atoms with E-state index in [1.165, 1.54) is 32.0 Å². The summed E-state index contributed by atoms with van der Waals surface area (Å²) in [4.78, 5) is 10.2. The van der Waals surface area contributed by atoms with E-state index >= 15 is 0 Å². The second kappa shape index (κ2) is 5.65. The zero-order chi connectivity index (χ0) is 12.3. The predicted octanol–water partition coefficient (Wildman–Crippen LogP) is 2.25. The third-order valence-corrected chi connectivity index (χ3v) is 3.72. The van der Waals surface area contributed by atoms with E-state index in [1.807, 2.05) is 7.05 Å². The third-order valence-electron chi connectivity index (χ3n) is 3.40. The van der Waals surface area contributed by atoms with Crippen molar-refractivity contribution in [3.63, 3.8) is 0 Å². The Balaban J connectivity index is 2.12. The topological polar surface area (TPSA) is 49.2 Å². The molecule has 1 aliphatic rings. The standard InChI is InChI=1S/C12H18ClN3O/c1-16(6-9-4-2-3-5-9)12-10(7-17)11(13)14-8-15-12/h8-9,17H,2-7H2,1H3. The highest BCUT2D eigenvalue weighted by Gasteiger charge is 2.19. The molecule has 1 aliphatic carbocycles. The zero-order valence-corrected chi connectivity index (χ0v) is 10.8. The van der Waals surface area contributed by atoms with Gasteiger partial charge in [-0.3, -0.25) is 0 Å². The van der Waals surface area contributed by atoms with Crippen molar-refractivity contribution in [1.29, 1.82) is 0 Å². The summed E-state index contributed by atoms with van der Waals surface area (Å²) < 4.78 is 0. The molecule has 0 amide bonds. The van der Waals surface area contributed by atoms with Crippen LogP contribution in [0.2, 0.25) is 5.15 Å². The first kappa shape index (κ1) is 12.6. The first-order chi connectivity index (χ1) is 8.22. The van der Waals surface area contributed by atoms with Gasteiger partial charge in [-0.2, -0.15) is 0 Å². The monoisotopic (exact) mass is 255 g/mol. The molecule has 0 unspecified atom stereocenters. The Morgan fingerprint density at radius 3 is 2.76 bits per heavy atom. The van der Waals surface area contributed by atoms with Gasteiger partial charge < -0.3 is 10.0 Å². The lowest BCUT2D eigenvalue weighted by Crippen LogP contribution is -2.26. The number of halogens is 1. The fourth-order valence-electron chi connectivity index (χ4n) is 2.51. The van der Waals surface area contributed by atoms with Crippen LogP contribution in [0.25, 0.3) is 0 Å². The molecule has 1 aromatic heterocycles.